The first-order valence-corrected chi connectivity index (χ1v) is 4.69. The maximum atomic E-state index is 4.47. The fourth-order valence-corrected chi connectivity index (χ4v) is 2.03. The van der Waals surface area contributed by atoms with Crippen LogP contribution in [-0.4, -0.2) is 17.7 Å². The van der Waals surface area contributed by atoms with Gasteiger partial charge in [-0.05, 0) is 18.9 Å². The van der Waals surface area contributed by atoms with Crippen LogP contribution in [0.3, 0.4) is 0 Å². The maximum absolute atomic E-state index is 4.47. The molecule has 0 atom stereocenters. The molecule has 0 bridgehead atoms. The van der Waals surface area contributed by atoms with E-state index in [0.29, 0.717) is 0 Å². The van der Waals surface area contributed by atoms with Gasteiger partial charge < -0.3 is 4.98 Å². The van der Waals surface area contributed by atoms with Crippen molar-refractivity contribution in [2.75, 3.05) is 6.54 Å². The third kappa shape index (κ3) is 0.963. The summed E-state index contributed by atoms with van der Waals surface area (Å²) in [6.45, 7) is 1.79. The van der Waals surface area contributed by atoms with Crippen molar-refractivity contribution >= 4 is 12.3 Å². The summed E-state index contributed by atoms with van der Waals surface area (Å²) >= 11 is 0. The second-order valence-corrected chi connectivity index (χ2v) is 3.49. The highest BCUT2D eigenvalue weighted by molar-refractivity contribution is 5.91. The Hall–Kier alpha value is -1.38. The first-order chi connectivity index (χ1) is 6.45. The number of aromatic nitrogens is 1. The molecular weight excluding hydrogens is 162 g/mol. The molecule has 0 fully saturated rings. The molecule has 3 rings (SSSR count). The first kappa shape index (κ1) is 7.06. The predicted molar refractivity (Wildman–Crippen MR) is 51.4 cm³/mol. The van der Waals surface area contributed by atoms with Crippen LogP contribution in [0, 0.1) is 0 Å². The summed E-state index contributed by atoms with van der Waals surface area (Å²) in [5.41, 5.74) is 3.85. The summed E-state index contributed by atoms with van der Waals surface area (Å²) in [5.74, 6) is 0. The molecule has 3 heteroatoms. The van der Waals surface area contributed by atoms with Crippen molar-refractivity contribution in [3.63, 3.8) is 0 Å². The Kier molecular flexibility index (Phi) is 1.39. The molecule has 0 aliphatic carbocycles. The molecule has 1 N–H and O–H groups in total. The standard InChI is InChI=1S/C10H11N3/c1-2-7-8-6-11-5-3-9(8)13-10(7)12-4-1/h3,5H,1-2,4,6H2,(H,12,13). The van der Waals surface area contributed by atoms with Gasteiger partial charge in [-0.25, -0.2) is 0 Å². The monoisotopic (exact) mass is 173 g/mol. The van der Waals surface area contributed by atoms with Crippen molar-refractivity contribution in [2.45, 2.75) is 19.4 Å². The summed E-state index contributed by atoms with van der Waals surface area (Å²) < 4.78 is 0. The minimum Gasteiger partial charge on any atom is -0.340 e. The van der Waals surface area contributed by atoms with Crippen molar-refractivity contribution in [2.24, 2.45) is 9.98 Å². The zero-order chi connectivity index (χ0) is 8.67. The van der Waals surface area contributed by atoms with Crippen molar-refractivity contribution in [1.29, 1.82) is 0 Å². The Bertz CT molecular complexity index is 479. The van der Waals surface area contributed by atoms with Gasteiger partial charge in [0.15, 0.2) is 0 Å². The van der Waals surface area contributed by atoms with Gasteiger partial charge in [-0.15, -0.1) is 0 Å². The van der Waals surface area contributed by atoms with E-state index in [4.69, 9.17) is 0 Å². The fourth-order valence-electron chi connectivity index (χ4n) is 2.03. The molecule has 0 amide bonds. The van der Waals surface area contributed by atoms with Crippen LogP contribution in [0.5, 0.6) is 0 Å². The Labute approximate surface area is 75.9 Å². The molecule has 2 aliphatic rings. The van der Waals surface area contributed by atoms with E-state index in [1.165, 1.54) is 22.9 Å². The van der Waals surface area contributed by atoms with E-state index in [2.05, 4.69) is 15.0 Å². The second-order valence-electron chi connectivity index (χ2n) is 3.49. The van der Waals surface area contributed by atoms with E-state index in [0.717, 1.165) is 25.0 Å². The predicted octanol–water partition coefficient (Wildman–Crippen LogP) is -0.0546. The molecule has 13 heavy (non-hydrogen) atoms. The van der Waals surface area contributed by atoms with Crippen molar-refractivity contribution in [1.82, 2.24) is 4.98 Å². The minimum atomic E-state index is 0.827. The number of nitrogens with zero attached hydrogens (tertiary/aromatic N) is 2. The summed E-state index contributed by atoms with van der Waals surface area (Å²) in [4.78, 5) is 12.1. The van der Waals surface area contributed by atoms with Gasteiger partial charge in [0.1, 0.15) is 5.49 Å². The molecule has 66 valence electrons. The van der Waals surface area contributed by atoms with Crippen LogP contribution < -0.4 is 10.8 Å². The van der Waals surface area contributed by atoms with E-state index in [-0.39, 0.29) is 0 Å². The van der Waals surface area contributed by atoms with Gasteiger partial charge in [0.2, 0.25) is 0 Å². The highest BCUT2D eigenvalue weighted by Gasteiger charge is 2.13. The molecule has 3 heterocycles. The third-order valence-electron chi connectivity index (χ3n) is 2.68. The van der Waals surface area contributed by atoms with Crippen molar-refractivity contribution in [3.8, 4) is 0 Å². The number of aliphatic imine (C=N–C) groups is 1. The molecule has 0 saturated heterocycles. The van der Waals surface area contributed by atoms with Crippen LogP contribution >= 0.6 is 0 Å². The largest absolute Gasteiger partial charge is 0.340 e. The van der Waals surface area contributed by atoms with E-state index >= 15 is 0 Å². The maximum Gasteiger partial charge on any atom is 0.128 e. The van der Waals surface area contributed by atoms with Crippen molar-refractivity contribution < 1.29 is 0 Å². The lowest BCUT2D eigenvalue weighted by Crippen LogP contribution is -2.16. The van der Waals surface area contributed by atoms with Gasteiger partial charge in [-0.2, -0.15) is 0 Å². The molecule has 0 radical (unpaired) electrons. The minimum absolute atomic E-state index is 0.827. The van der Waals surface area contributed by atoms with Gasteiger partial charge in [-0.3, -0.25) is 9.98 Å². The number of hydrogen-bond acceptors (Lipinski definition) is 2. The molecule has 0 unspecified atom stereocenters. The Morgan fingerprint density at radius 1 is 1.31 bits per heavy atom. The number of hydrogen-bond donors (Lipinski definition) is 1. The summed E-state index contributed by atoms with van der Waals surface area (Å²) in [6, 6.07) is 0. The molecular formula is C10H11N3. The number of aromatic amines is 1. The molecule has 1 aromatic heterocycles. The smallest absolute Gasteiger partial charge is 0.128 e. The van der Waals surface area contributed by atoms with E-state index in [9.17, 15) is 0 Å². The normalized spacial score (nSPS) is 18.5. The number of rotatable bonds is 0. The Morgan fingerprint density at radius 3 is 3.31 bits per heavy atom. The van der Waals surface area contributed by atoms with Gasteiger partial charge in [0, 0.05) is 29.2 Å². The van der Waals surface area contributed by atoms with Gasteiger partial charge in [-0.1, -0.05) is 0 Å². The zero-order valence-electron chi connectivity index (χ0n) is 7.38. The van der Waals surface area contributed by atoms with Crippen LogP contribution in [0.15, 0.2) is 9.98 Å². The molecule has 2 aliphatic heterocycles. The number of H-pyrrole nitrogens is 1. The van der Waals surface area contributed by atoms with Crippen LogP contribution in [0.4, 0.5) is 0 Å². The van der Waals surface area contributed by atoms with Gasteiger partial charge in [0.05, 0.1) is 6.54 Å². The second kappa shape index (κ2) is 2.55. The van der Waals surface area contributed by atoms with E-state index < -0.39 is 0 Å². The van der Waals surface area contributed by atoms with Gasteiger partial charge in [0.25, 0.3) is 0 Å². The van der Waals surface area contributed by atoms with Crippen molar-refractivity contribution in [3.05, 3.63) is 22.0 Å². The molecule has 0 saturated carbocycles. The SMILES string of the molecule is C1=NCc2c3c([nH]c2=C1)=NCCC3. The van der Waals surface area contributed by atoms with Crippen LogP contribution in [0.2, 0.25) is 0 Å². The zero-order valence-corrected chi connectivity index (χ0v) is 7.38. The number of nitrogens with one attached hydrogen (secondary N) is 1. The Morgan fingerprint density at radius 2 is 2.31 bits per heavy atom. The topological polar surface area (TPSA) is 40.5 Å². The molecule has 0 aromatic carbocycles. The van der Waals surface area contributed by atoms with Crippen LogP contribution in [0.25, 0.3) is 6.08 Å². The fraction of sp³-hybridized carbons (Fsp3) is 0.400. The van der Waals surface area contributed by atoms with Crippen LogP contribution in [-0.2, 0) is 13.0 Å². The number of fused-ring (bicyclic) bond motifs is 3. The quantitative estimate of drug-likeness (QED) is 0.571. The third-order valence-corrected chi connectivity index (χ3v) is 2.68. The molecule has 0 spiro atoms. The highest BCUT2D eigenvalue weighted by atomic mass is 14.9. The average Bonchev–Trinajstić information content (AvgIpc) is 2.56. The Balaban J connectivity index is 2.36. The summed E-state index contributed by atoms with van der Waals surface area (Å²) in [6.07, 6.45) is 6.24. The van der Waals surface area contributed by atoms with E-state index in [1.807, 2.05) is 12.3 Å². The van der Waals surface area contributed by atoms with Crippen LogP contribution in [0.1, 0.15) is 17.5 Å². The summed E-state index contributed by atoms with van der Waals surface area (Å²) in [7, 11) is 0. The van der Waals surface area contributed by atoms with E-state index in [1.54, 1.807) is 0 Å². The molecule has 1 aromatic rings. The summed E-state index contributed by atoms with van der Waals surface area (Å²) in [5, 5.41) is 1.21. The lowest BCUT2D eigenvalue weighted by molar-refractivity contribution is 0.754. The lowest BCUT2D eigenvalue weighted by Gasteiger charge is -2.05. The first-order valence-electron chi connectivity index (χ1n) is 4.69. The molecule has 3 nitrogen and oxygen atoms in total. The lowest BCUT2D eigenvalue weighted by atomic mass is 10.1. The van der Waals surface area contributed by atoms with Gasteiger partial charge >= 0.3 is 0 Å². The highest BCUT2D eigenvalue weighted by Crippen LogP contribution is 2.08. The average molecular weight is 173 g/mol.